The molecule has 120 valence electrons. The van der Waals surface area contributed by atoms with E-state index in [1.807, 2.05) is 4.57 Å². The van der Waals surface area contributed by atoms with Crippen LogP contribution in [0.25, 0.3) is 11.2 Å². The Kier molecular flexibility index (Phi) is 4.12. The lowest BCUT2D eigenvalue weighted by molar-refractivity contribution is -0.0207. The van der Waals surface area contributed by atoms with Crippen LogP contribution in [0.1, 0.15) is 39.3 Å². The van der Waals surface area contributed by atoms with Crippen molar-refractivity contribution in [3.05, 3.63) is 6.33 Å². The molecular formula is C14H22N6O2. The third-order valence-corrected chi connectivity index (χ3v) is 4.04. The lowest BCUT2D eigenvalue weighted by Gasteiger charge is -2.15. The number of nitrogen functional groups attached to an aromatic ring is 1. The molecule has 1 fully saturated rings. The molecule has 2 aromatic rings. The summed E-state index contributed by atoms with van der Waals surface area (Å²) < 4.78 is 7.66. The van der Waals surface area contributed by atoms with E-state index in [0.29, 0.717) is 22.9 Å². The van der Waals surface area contributed by atoms with Crippen molar-refractivity contribution in [2.45, 2.75) is 51.5 Å². The molecule has 22 heavy (non-hydrogen) atoms. The number of ether oxygens (including phenoxy) is 1. The van der Waals surface area contributed by atoms with Crippen LogP contribution in [-0.4, -0.2) is 43.4 Å². The monoisotopic (exact) mass is 306 g/mol. The summed E-state index contributed by atoms with van der Waals surface area (Å²) in [7, 11) is 0. The number of fused-ring (bicyclic) bond motifs is 1. The van der Waals surface area contributed by atoms with Crippen LogP contribution in [0.3, 0.4) is 0 Å². The largest absolute Gasteiger partial charge is 0.394 e. The lowest BCUT2D eigenvalue weighted by Crippen LogP contribution is -2.17. The fourth-order valence-electron chi connectivity index (χ4n) is 2.56. The first-order valence-corrected chi connectivity index (χ1v) is 7.65. The van der Waals surface area contributed by atoms with Gasteiger partial charge in [-0.2, -0.15) is 9.97 Å². The molecule has 3 atom stereocenters. The summed E-state index contributed by atoms with van der Waals surface area (Å²) in [4.78, 5) is 13.1. The number of anilines is 2. The predicted octanol–water partition coefficient (Wildman–Crippen LogP) is 1.29. The molecule has 0 saturated carbocycles. The van der Waals surface area contributed by atoms with Crippen LogP contribution in [0.2, 0.25) is 0 Å². The van der Waals surface area contributed by atoms with E-state index in [1.54, 1.807) is 6.33 Å². The number of nitrogens with zero attached hydrogens (tertiary/aromatic N) is 4. The molecule has 8 heteroatoms. The Morgan fingerprint density at radius 3 is 3.00 bits per heavy atom. The summed E-state index contributed by atoms with van der Waals surface area (Å²) in [6, 6.07) is 0.259. The topological polar surface area (TPSA) is 111 Å². The molecular weight excluding hydrogens is 284 g/mol. The third-order valence-electron chi connectivity index (χ3n) is 4.04. The zero-order valence-electron chi connectivity index (χ0n) is 12.9. The highest BCUT2D eigenvalue weighted by molar-refractivity contribution is 5.82. The summed E-state index contributed by atoms with van der Waals surface area (Å²) >= 11 is 0. The summed E-state index contributed by atoms with van der Waals surface area (Å²) in [5, 5.41) is 12.4. The number of hydrogen-bond acceptors (Lipinski definition) is 7. The Bertz CT molecular complexity index is 658. The fourth-order valence-corrected chi connectivity index (χ4v) is 2.56. The van der Waals surface area contributed by atoms with Crippen molar-refractivity contribution in [3.8, 4) is 0 Å². The number of aliphatic hydroxyl groups is 1. The summed E-state index contributed by atoms with van der Waals surface area (Å²) in [6.45, 7) is 4.18. The van der Waals surface area contributed by atoms with Crippen molar-refractivity contribution < 1.29 is 9.84 Å². The number of rotatable bonds is 5. The first-order valence-electron chi connectivity index (χ1n) is 7.65. The standard InChI is InChI=1S/C14H22N6O2/c1-3-8(2)17-14-18-12(15)11-13(19-14)20(7-16-11)10-5-4-9(6-21)22-10/h7-10,21H,3-6H2,1-2H3,(H3,15,17,18,19)/t8-,9-,10+/m0/s1. The summed E-state index contributed by atoms with van der Waals surface area (Å²) in [6.07, 6.45) is 3.97. The van der Waals surface area contributed by atoms with Gasteiger partial charge in [-0.15, -0.1) is 0 Å². The second kappa shape index (κ2) is 6.05. The SMILES string of the molecule is CC[C@H](C)Nc1nc(N)c2ncn([C@H]3CC[C@@H](CO)O3)c2n1. The van der Waals surface area contributed by atoms with Gasteiger partial charge in [0.15, 0.2) is 11.5 Å². The van der Waals surface area contributed by atoms with Gasteiger partial charge >= 0.3 is 0 Å². The fraction of sp³-hybridized carbons (Fsp3) is 0.643. The van der Waals surface area contributed by atoms with E-state index in [2.05, 4.69) is 34.1 Å². The maximum atomic E-state index is 9.20. The van der Waals surface area contributed by atoms with Gasteiger partial charge in [0, 0.05) is 6.04 Å². The molecule has 4 N–H and O–H groups in total. The highest BCUT2D eigenvalue weighted by Gasteiger charge is 2.28. The van der Waals surface area contributed by atoms with Gasteiger partial charge in [0.2, 0.25) is 5.95 Å². The van der Waals surface area contributed by atoms with E-state index >= 15 is 0 Å². The zero-order valence-corrected chi connectivity index (χ0v) is 12.9. The van der Waals surface area contributed by atoms with Gasteiger partial charge in [-0.3, -0.25) is 4.57 Å². The van der Waals surface area contributed by atoms with E-state index < -0.39 is 0 Å². The molecule has 1 aliphatic rings. The zero-order chi connectivity index (χ0) is 15.7. The molecule has 1 saturated heterocycles. The normalized spacial score (nSPS) is 23.0. The average molecular weight is 306 g/mol. The molecule has 0 aromatic carbocycles. The number of imidazole rings is 1. The van der Waals surface area contributed by atoms with E-state index in [-0.39, 0.29) is 25.0 Å². The second-order valence-electron chi connectivity index (χ2n) is 5.68. The molecule has 3 heterocycles. The maximum absolute atomic E-state index is 9.20. The van der Waals surface area contributed by atoms with Gasteiger partial charge in [0.1, 0.15) is 11.7 Å². The number of nitrogens with two attached hydrogens (primary N) is 1. The van der Waals surface area contributed by atoms with Crippen LogP contribution in [0.4, 0.5) is 11.8 Å². The van der Waals surface area contributed by atoms with Crippen molar-refractivity contribution in [2.75, 3.05) is 17.7 Å². The third kappa shape index (κ3) is 2.71. The molecule has 0 unspecified atom stereocenters. The van der Waals surface area contributed by atoms with Crippen molar-refractivity contribution in [2.24, 2.45) is 0 Å². The van der Waals surface area contributed by atoms with Crippen LogP contribution in [0.15, 0.2) is 6.33 Å². The Morgan fingerprint density at radius 1 is 1.50 bits per heavy atom. The molecule has 0 radical (unpaired) electrons. The average Bonchev–Trinajstić information content (AvgIpc) is 3.13. The minimum Gasteiger partial charge on any atom is -0.394 e. The van der Waals surface area contributed by atoms with Crippen molar-refractivity contribution in [1.82, 2.24) is 19.5 Å². The van der Waals surface area contributed by atoms with Gasteiger partial charge in [-0.1, -0.05) is 6.92 Å². The lowest BCUT2D eigenvalue weighted by atomic mass is 10.2. The van der Waals surface area contributed by atoms with Gasteiger partial charge < -0.3 is 20.9 Å². The van der Waals surface area contributed by atoms with E-state index in [9.17, 15) is 5.11 Å². The minimum absolute atomic E-state index is 0.0288. The molecule has 1 aliphatic heterocycles. The first kappa shape index (κ1) is 15.0. The molecule has 0 bridgehead atoms. The minimum atomic E-state index is -0.173. The van der Waals surface area contributed by atoms with Crippen LogP contribution >= 0.6 is 0 Å². The van der Waals surface area contributed by atoms with E-state index in [1.165, 1.54) is 0 Å². The van der Waals surface area contributed by atoms with Gasteiger partial charge in [-0.25, -0.2) is 4.98 Å². The highest BCUT2D eigenvalue weighted by atomic mass is 16.5. The molecule has 0 spiro atoms. The number of aromatic nitrogens is 4. The van der Waals surface area contributed by atoms with Crippen LogP contribution in [0.5, 0.6) is 0 Å². The van der Waals surface area contributed by atoms with Gasteiger partial charge in [-0.05, 0) is 26.2 Å². The summed E-state index contributed by atoms with van der Waals surface area (Å²) in [5.41, 5.74) is 7.22. The van der Waals surface area contributed by atoms with Crippen molar-refractivity contribution in [1.29, 1.82) is 0 Å². The van der Waals surface area contributed by atoms with Crippen molar-refractivity contribution >= 4 is 22.9 Å². The summed E-state index contributed by atoms with van der Waals surface area (Å²) in [5.74, 6) is 0.851. The Balaban J connectivity index is 1.94. The Hall–Kier alpha value is -1.93. The van der Waals surface area contributed by atoms with E-state index in [4.69, 9.17) is 10.5 Å². The van der Waals surface area contributed by atoms with Gasteiger partial charge in [0.05, 0.1) is 19.0 Å². The predicted molar refractivity (Wildman–Crippen MR) is 83.3 cm³/mol. The quantitative estimate of drug-likeness (QED) is 0.763. The Morgan fingerprint density at radius 2 is 2.32 bits per heavy atom. The van der Waals surface area contributed by atoms with Crippen LogP contribution in [-0.2, 0) is 4.74 Å². The van der Waals surface area contributed by atoms with Crippen LogP contribution in [0, 0.1) is 0 Å². The number of hydrogen-bond donors (Lipinski definition) is 3. The Labute approximate surface area is 128 Å². The number of nitrogens with one attached hydrogen (secondary N) is 1. The molecule has 0 amide bonds. The van der Waals surface area contributed by atoms with Crippen LogP contribution < -0.4 is 11.1 Å². The molecule has 2 aromatic heterocycles. The first-order chi connectivity index (χ1) is 10.6. The highest BCUT2D eigenvalue weighted by Crippen LogP contribution is 2.31. The molecule has 8 nitrogen and oxygen atoms in total. The van der Waals surface area contributed by atoms with Gasteiger partial charge in [0.25, 0.3) is 0 Å². The van der Waals surface area contributed by atoms with E-state index in [0.717, 1.165) is 19.3 Å². The molecule has 3 rings (SSSR count). The number of aliphatic hydroxyl groups excluding tert-OH is 1. The smallest absolute Gasteiger partial charge is 0.226 e. The van der Waals surface area contributed by atoms with Crippen molar-refractivity contribution in [3.63, 3.8) is 0 Å². The molecule has 0 aliphatic carbocycles. The second-order valence-corrected chi connectivity index (χ2v) is 5.68. The maximum Gasteiger partial charge on any atom is 0.226 e.